The molecule has 0 atom stereocenters. The lowest BCUT2D eigenvalue weighted by Crippen LogP contribution is -2.64. The molecule has 0 aliphatic carbocycles. The molecule has 0 bridgehead atoms. The number of methoxy groups -OCH3 is 2. The summed E-state index contributed by atoms with van der Waals surface area (Å²) in [6.45, 7) is 0.990. The fourth-order valence-corrected chi connectivity index (χ4v) is 1.96. The fraction of sp³-hybridized carbons (Fsp3) is 0.462. The molecule has 1 saturated heterocycles. The maximum absolute atomic E-state index is 10.4. The van der Waals surface area contributed by atoms with Gasteiger partial charge in [-0.2, -0.15) is 0 Å². The third-order valence-corrected chi connectivity index (χ3v) is 3.17. The first-order valence-corrected chi connectivity index (χ1v) is 5.88. The molecule has 104 valence electrons. The van der Waals surface area contributed by atoms with Crippen molar-refractivity contribution in [2.24, 2.45) is 0 Å². The number of rotatable bonds is 6. The van der Waals surface area contributed by atoms with E-state index in [9.17, 15) is 4.79 Å². The van der Waals surface area contributed by atoms with Gasteiger partial charge in [-0.05, 0) is 24.3 Å². The van der Waals surface area contributed by atoms with Crippen molar-refractivity contribution in [2.75, 3.05) is 38.8 Å². The molecule has 0 radical (unpaired) electrons. The average Bonchev–Trinajstić information content (AvgIpc) is 2.37. The normalized spacial score (nSPS) is 16.8. The number of hydrogen-bond acceptors (Lipinski definition) is 5. The first-order chi connectivity index (χ1) is 9.08. The minimum absolute atomic E-state index is 0.334. The van der Waals surface area contributed by atoms with Crippen LogP contribution in [0.4, 0.5) is 5.69 Å². The number of nitrogens with zero attached hydrogens (tertiary/aromatic N) is 1. The second-order valence-electron chi connectivity index (χ2n) is 4.35. The Labute approximate surface area is 111 Å². The van der Waals surface area contributed by atoms with Crippen molar-refractivity contribution in [3.05, 3.63) is 24.3 Å². The van der Waals surface area contributed by atoms with Crippen molar-refractivity contribution in [3.63, 3.8) is 0 Å². The first-order valence-electron chi connectivity index (χ1n) is 5.88. The first kappa shape index (κ1) is 13.6. The van der Waals surface area contributed by atoms with Crippen LogP contribution in [0.25, 0.3) is 0 Å². The summed E-state index contributed by atoms with van der Waals surface area (Å²) in [6, 6.07) is 7.26. The lowest BCUT2D eigenvalue weighted by atomic mass is 10.1. The molecule has 0 unspecified atom stereocenters. The molecule has 0 amide bonds. The Morgan fingerprint density at radius 2 is 1.84 bits per heavy atom. The molecule has 1 fully saturated rings. The van der Waals surface area contributed by atoms with Gasteiger partial charge < -0.3 is 24.2 Å². The highest BCUT2D eigenvalue weighted by atomic mass is 16.7. The van der Waals surface area contributed by atoms with Crippen molar-refractivity contribution in [3.8, 4) is 5.75 Å². The van der Waals surface area contributed by atoms with Crippen LogP contribution in [-0.2, 0) is 14.3 Å². The molecule has 6 heteroatoms. The van der Waals surface area contributed by atoms with Crippen molar-refractivity contribution in [1.82, 2.24) is 0 Å². The van der Waals surface area contributed by atoms with Gasteiger partial charge in [0.1, 0.15) is 5.75 Å². The molecule has 2 rings (SSSR count). The molecule has 1 heterocycles. The summed E-state index contributed by atoms with van der Waals surface area (Å²) in [6.07, 6.45) is 0. The number of carboxylic acid groups (broad SMARTS) is 1. The molecule has 1 aliphatic rings. The molecule has 6 nitrogen and oxygen atoms in total. The van der Waals surface area contributed by atoms with E-state index in [1.165, 1.54) is 0 Å². The predicted octanol–water partition coefficient (Wildman–Crippen LogP) is 0.959. The summed E-state index contributed by atoms with van der Waals surface area (Å²) in [5.74, 6) is -0.966. The Morgan fingerprint density at radius 3 is 2.32 bits per heavy atom. The SMILES string of the molecule is COC1(OC)CN(c2ccc(OCC(=O)O)cc2)C1. The zero-order valence-electron chi connectivity index (χ0n) is 11.0. The minimum Gasteiger partial charge on any atom is -0.482 e. The highest BCUT2D eigenvalue weighted by Gasteiger charge is 2.43. The molecule has 0 aromatic heterocycles. The fourth-order valence-electron chi connectivity index (χ4n) is 1.96. The maximum Gasteiger partial charge on any atom is 0.341 e. The molecule has 1 aromatic rings. The summed E-state index contributed by atoms with van der Waals surface area (Å²) in [7, 11) is 3.26. The second kappa shape index (κ2) is 5.46. The molecular formula is C13H17NO5. The van der Waals surface area contributed by atoms with Crippen LogP contribution in [0.3, 0.4) is 0 Å². The number of ether oxygens (including phenoxy) is 3. The number of carbonyl (C=O) groups is 1. The van der Waals surface area contributed by atoms with E-state index in [2.05, 4.69) is 4.90 Å². The zero-order valence-corrected chi connectivity index (χ0v) is 11.0. The van der Waals surface area contributed by atoms with E-state index >= 15 is 0 Å². The summed E-state index contributed by atoms with van der Waals surface area (Å²) in [4.78, 5) is 12.5. The van der Waals surface area contributed by atoms with Gasteiger partial charge in [0.25, 0.3) is 0 Å². The Hall–Kier alpha value is -1.79. The monoisotopic (exact) mass is 267 g/mol. The third kappa shape index (κ3) is 2.97. The standard InChI is InChI=1S/C13H17NO5/c1-17-13(18-2)8-14(9-13)10-3-5-11(6-4-10)19-7-12(15)16/h3-6H,7-9H2,1-2H3,(H,15,16). The van der Waals surface area contributed by atoms with Gasteiger partial charge in [-0.1, -0.05) is 0 Å². The zero-order chi connectivity index (χ0) is 13.9. The molecule has 19 heavy (non-hydrogen) atoms. The Bertz CT molecular complexity index is 433. The van der Waals surface area contributed by atoms with E-state index in [4.69, 9.17) is 19.3 Å². The van der Waals surface area contributed by atoms with Gasteiger partial charge in [-0.15, -0.1) is 0 Å². The van der Waals surface area contributed by atoms with Crippen LogP contribution in [0.5, 0.6) is 5.75 Å². The lowest BCUT2D eigenvalue weighted by Gasteiger charge is -2.48. The Balaban J connectivity index is 1.91. The summed E-state index contributed by atoms with van der Waals surface area (Å²) in [5.41, 5.74) is 1.02. The van der Waals surface area contributed by atoms with E-state index < -0.39 is 11.8 Å². The maximum atomic E-state index is 10.4. The summed E-state index contributed by atoms with van der Waals surface area (Å²) >= 11 is 0. The average molecular weight is 267 g/mol. The van der Waals surface area contributed by atoms with Crippen LogP contribution in [0.1, 0.15) is 0 Å². The van der Waals surface area contributed by atoms with Gasteiger partial charge in [0.2, 0.25) is 5.79 Å². The number of anilines is 1. The second-order valence-corrected chi connectivity index (χ2v) is 4.35. The van der Waals surface area contributed by atoms with Crippen LogP contribution >= 0.6 is 0 Å². The molecule has 0 saturated carbocycles. The van der Waals surface area contributed by atoms with Gasteiger partial charge in [-0.25, -0.2) is 4.79 Å². The van der Waals surface area contributed by atoms with Gasteiger partial charge in [-0.3, -0.25) is 0 Å². The van der Waals surface area contributed by atoms with Crippen LogP contribution in [0.2, 0.25) is 0 Å². The highest BCUT2D eigenvalue weighted by molar-refractivity contribution is 5.68. The van der Waals surface area contributed by atoms with Crippen molar-refractivity contribution in [1.29, 1.82) is 0 Å². The van der Waals surface area contributed by atoms with E-state index in [-0.39, 0.29) is 6.61 Å². The molecule has 0 spiro atoms. The Morgan fingerprint density at radius 1 is 1.26 bits per heavy atom. The molecule has 1 aromatic carbocycles. The van der Waals surface area contributed by atoms with Crippen LogP contribution in [-0.4, -0.2) is 50.8 Å². The van der Waals surface area contributed by atoms with Crippen molar-refractivity contribution in [2.45, 2.75) is 5.79 Å². The van der Waals surface area contributed by atoms with Gasteiger partial charge in [0, 0.05) is 19.9 Å². The van der Waals surface area contributed by atoms with Crippen LogP contribution in [0.15, 0.2) is 24.3 Å². The van der Waals surface area contributed by atoms with Gasteiger partial charge in [0.15, 0.2) is 6.61 Å². The summed E-state index contributed by atoms with van der Waals surface area (Å²) < 4.78 is 15.7. The smallest absolute Gasteiger partial charge is 0.341 e. The Kier molecular flexibility index (Phi) is 3.92. The highest BCUT2D eigenvalue weighted by Crippen LogP contribution is 2.31. The topological polar surface area (TPSA) is 68.2 Å². The lowest BCUT2D eigenvalue weighted by molar-refractivity contribution is -0.219. The largest absolute Gasteiger partial charge is 0.482 e. The third-order valence-electron chi connectivity index (χ3n) is 3.17. The van der Waals surface area contributed by atoms with Crippen molar-refractivity contribution < 1.29 is 24.1 Å². The van der Waals surface area contributed by atoms with E-state index in [0.29, 0.717) is 18.8 Å². The van der Waals surface area contributed by atoms with Gasteiger partial charge >= 0.3 is 5.97 Å². The minimum atomic E-state index is -0.989. The number of hydrogen-bond donors (Lipinski definition) is 1. The van der Waals surface area contributed by atoms with Crippen LogP contribution in [0, 0.1) is 0 Å². The number of benzene rings is 1. The van der Waals surface area contributed by atoms with E-state index in [0.717, 1.165) is 5.69 Å². The van der Waals surface area contributed by atoms with Crippen LogP contribution < -0.4 is 9.64 Å². The number of aliphatic carboxylic acids is 1. The predicted molar refractivity (Wildman–Crippen MR) is 68.5 cm³/mol. The molecular weight excluding hydrogens is 250 g/mol. The quantitative estimate of drug-likeness (QED) is 0.774. The number of carboxylic acids is 1. The summed E-state index contributed by atoms with van der Waals surface area (Å²) in [5, 5.41) is 8.52. The van der Waals surface area contributed by atoms with E-state index in [1.807, 2.05) is 12.1 Å². The van der Waals surface area contributed by atoms with E-state index in [1.54, 1.807) is 26.4 Å². The van der Waals surface area contributed by atoms with Gasteiger partial charge in [0.05, 0.1) is 13.1 Å². The molecule has 1 aliphatic heterocycles. The van der Waals surface area contributed by atoms with Crippen molar-refractivity contribution >= 4 is 11.7 Å². The molecule has 1 N–H and O–H groups in total.